The zero-order chi connectivity index (χ0) is 20.6. The van der Waals surface area contributed by atoms with Gasteiger partial charge in [-0.25, -0.2) is 0 Å². The van der Waals surface area contributed by atoms with E-state index in [4.69, 9.17) is 10.00 Å². The fraction of sp³-hybridized carbons (Fsp3) is 0.136. The molecule has 0 spiro atoms. The average Bonchev–Trinajstić information content (AvgIpc) is 3.24. The molecule has 0 fully saturated rings. The number of nitrogens with zero attached hydrogens (tertiary/aromatic N) is 2. The lowest BCUT2D eigenvalue weighted by Gasteiger charge is -2.11. The smallest absolute Gasteiger partial charge is 0.313 e. The maximum absolute atomic E-state index is 12.1. The number of rotatable bonds is 6. The first kappa shape index (κ1) is 19.7. The summed E-state index contributed by atoms with van der Waals surface area (Å²) in [4.78, 5) is 24.1. The third kappa shape index (κ3) is 5.47. The highest BCUT2D eigenvalue weighted by atomic mass is 16.5. The van der Waals surface area contributed by atoms with Crippen LogP contribution in [0.4, 0.5) is 5.69 Å². The molecule has 0 aliphatic rings. The maximum Gasteiger partial charge on any atom is 0.313 e. The molecular formula is C22H20N4O3. The minimum absolute atomic E-state index is 0.358. The molecule has 7 nitrogen and oxygen atoms in total. The van der Waals surface area contributed by atoms with Gasteiger partial charge >= 0.3 is 11.8 Å². The SMILES string of the molecule is Cc1cc(Oc2ccc(C#N)cc2)ccc1NC(=O)C(=O)NCCn1cccc1. The summed E-state index contributed by atoms with van der Waals surface area (Å²) in [6.07, 6.45) is 3.77. The van der Waals surface area contributed by atoms with Crippen molar-refractivity contribution in [3.8, 4) is 17.6 Å². The van der Waals surface area contributed by atoms with Crippen LogP contribution in [0.5, 0.6) is 11.5 Å². The molecule has 0 atom stereocenters. The van der Waals surface area contributed by atoms with Crippen molar-refractivity contribution in [2.45, 2.75) is 13.5 Å². The second-order valence-electron chi connectivity index (χ2n) is 6.35. The summed E-state index contributed by atoms with van der Waals surface area (Å²) in [6, 6.07) is 17.7. The van der Waals surface area contributed by atoms with Crippen LogP contribution in [0.1, 0.15) is 11.1 Å². The summed E-state index contributed by atoms with van der Waals surface area (Å²) in [5.74, 6) is -0.223. The standard InChI is InChI=1S/C22H20N4O3/c1-16-14-19(29-18-6-4-17(15-23)5-7-18)8-9-20(16)25-22(28)21(27)24-10-13-26-11-2-3-12-26/h2-9,11-12,14H,10,13H2,1H3,(H,24,27)(H,25,28). The van der Waals surface area contributed by atoms with Gasteiger partial charge in [-0.1, -0.05) is 0 Å². The fourth-order valence-electron chi connectivity index (χ4n) is 2.65. The number of ether oxygens (including phenoxy) is 1. The van der Waals surface area contributed by atoms with Gasteiger partial charge in [-0.3, -0.25) is 9.59 Å². The van der Waals surface area contributed by atoms with Gasteiger partial charge in [0.25, 0.3) is 0 Å². The van der Waals surface area contributed by atoms with Crippen LogP contribution in [-0.2, 0) is 16.1 Å². The van der Waals surface area contributed by atoms with Crippen molar-refractivity contribution in [1.29, 1.82) is 5.26 Å². The molecule has 29 heavy (non-hydrogen) atoms. The van der Waals surface area contributed by atoms with Crippen molar-refractivity contribution >= 4 is 17.5 Å². The number of carbonyl (C=O) groups is 2. The largest absolute Gasteiger partial charge is 0.457 e. The first-order valence-corrected chi connectivity index (χ1v) is 9.04. The lowest BCUT2D eigenvalue weighted by atomic mass is 10.2. The Hall–Kier alpha value is -4.05. The van der Waals surface area contributed by atoms with Crippen molar-refractivity contribution in [2.75, 3.05) is 11.9 Å². The second-order valence-corrected chi connectivity index (χ2v) is 6.35. The van der Waals surface area contributed by atoms with Gasteiger partial charge in [-0.15, -0.1) is 0 Å². The Bertz CT molecular complexity index is 1030. The molecule has 3 rings (SSSR count). The summed E-state index contributed by atoms with van der Waals surface area (Å²) in [7, 11) is 0. The normalized spacial score (nSPS) is 10.1. The first-order valence-electron chi connectivity index (χ1n) is 9.04. The van der Waals surface area contributed by atoms with Gasteiger partial charge in [-0.05, 0) is 67.1 Å². The van der Waals surface area contributed by atoms with Crippen molar-refractivity contribution in [3.63, 3.8) is 0 Å². The van der Waals surface area contributed by atoms with E-state index in [-0.39, 0.29) is 0 Å². The third-order valence-corrected chi connectivity index (χ3v) is 4.19. The Balaban J connectivity index is 1.54. The molecule has 3 aromatic rings. The Morgan fingerprint density at radius 1 is 1.03 bits per heavy atom. The molecule has 1 heterocycles. The molecule has 0 aliphatic heterocycles. The van der Waals surface area contributed by atoms with Gasteiger partial charge in [-0.2, -0.15) is 5.26 Å². The van der Waals surface area contributed by atoms with Crippen LogP contribution < -0.4 is 15.4 Å². The van der Waals surface area contributed by atoms with E-state index >= 15 is 0 Å². The molecule has 0 saturated carbocycles. The number of nitriles is 1. The van der Waals surface area contributed by atoms with Crippen LogP contribution in [-0.4, -0.2) is 22.9 Å². The van der Waals surface area contributed by atoms with E-state index in [9.17, 15) is 9.59 Å². The Kier molecular flexibility index (Phi) is 6.28. The molecule has 0 unspecified atom stereocenters. The summed E-state index contributed by atoms with van der Waals surface area (Å²) in [5, 5.41) is 14.0. The lowest BCUT2D eigenvalue weighted by molar-refractivity contribution is -0.136. The van der Waals surface area contributed by atoms with Crippen LogP contribution in [0.3, 0.4) is 0 Å². The summed E-state index contributed by atoms with van der Waals surface area (Å²) < 4.78 is 7.66. The molecule has 1 aromatic heterocycles. The van der Waals surface area contributed by atoms with E-state index in [1.54, 1.807) is 42.5 Å². The molecule has 0 radical (unpaired) electrons. The predicted octanol–water partition coefficient (Wildman–Crippen LogP) is 3.22. The van der Waals surface area contributed by atoms with E-state index in [0.29, 0.717) is 35.8 Å². The van der Waals surface area contributed by atoms with Crippen molar-refractivity contribution < 1.29 is 14.3 Å². The zero-order valence-corrected chi connectivity index (χ0v) is 15.9. The van der Waals surface area contributed by atoms with Gasteiger partial charge in [0, 0.05) is 31.2 Å². The minimum Gasteiger partial charge on any atom is -0.457 e. The molecule has 7 heteroatoms. The van der Waals surface area contributed by atoms with Crippen molar-refractivity contribution in [2.24, 2.45) is 0 Å². The monoisotopic (exact) mass is 388 g/mol. The molecule has 0 aliphatic carbocycles. The molecular weight excluding hydrogens is 368 g/mol. The first-order chi connectivity index (χ1) is 14.0. The third-order valence-electron chi connectivity index (χ3n) is 4.19. The van der Waals surface area contributed by atoms with Crippen LogP contribution >= 0.6 is 0 Å². The molecule has 146 valence electrons. The summed E-state index contributed by atoms with van der Waals surface area (Å²) in [6.45, 7) is 2.76. The van der Waals surface area contributed by atoms with Crippen LogP contribution in [0.15, 0.2) is 67.0 Å². The van der Waals surface area contributed by atoms with E-state index in [1.807, 2.05) is 36.0 Å². The zero-order valence-electron chi connectivity index (χ0n) is 15.9. The van der Waals surface area contributed by atoms with Gasteiger partial charge in [0.05, 0.1) is 11.6 Å². The number of benzene rings is 2. The number of hydrogen-bond acceptors (Lipinski definition) is 4. The summed E-state index contributed by atoms with van der Waals surface area (Å²) in [5.41, 5.74) is 1.84. The molecule has 0 saturated heterocycles. The van der Waals surface area contributed by atoms with Gasteiger partial charge in [0.1, 0.15) is 11.5 Å². The molecule has 2 aromatic carbocycles. The quantitative estimate of drug-likeness (QED) is 0.634. The highest BCUT2D eigenvalue weighted by molar-refractivity contribution is 6.39. The van der Waals surface area contributed by atoms with Gasteiger partial charge < -0.3 is 19.9 Å². The topological polar surface area (TPSA) is 96.2 Å². The number of aryl methyl sites for hydroxylation is 1. The molecule has 0 bridgehead atoms. The Morgan fingerprint density at radius 2 is 1.72 bits per heavy atom. The number of nitrogens with one attached hydrogen (secondary N) is 2. The average molecular weight is 388 g/mol. The van der Waals surface area contributed by atoms with Crippen molar-refractivity contribution in [1.82, 2.24) is 9.88 Å². The Morgan fingerprint density at radius 3 is 2.38 bits per heavy atom. The van der Waals surface area contributed by atoms with E-state index in [1.165, 1.54) is 0 Å². The van der Waals surface area contributed by atoms with Crippen LogP contribution in [0.25, 0.3) is 0 Å². The number of amides is 2. The highest BCUT2D eigenvalue weighted by Crippen LogP contribution is 2.26. The van der Waals surface area contributed by atoms with E-state index < -0.39 is 11.8 Å². The second kappa shape index (κ2) is 9.24. The molecule has 2 amide bonds. The minimum atomic E-state index is -0.721. The summed E-state index contributed by atoms with van der Waals surface area (Å²) >= 11 is 0. The highest BCUT2D eigenvalue weighted by Gasteiger charge is 2.14. The van der Waals surface area contributed by atoms with Crippen LogP contribution in [0.2, 0.25) is 0 Å². The number of hydrogen-bond donors (Lipinski definition) is 2. The number of anilines is 1. The van der Waals surface area contributed by atoms with Gasteiger partial charge in [0.15, 0.2) is 0 Å². The van der Waals surface area contributed by atoms with E-state index in [2.05, 4.69) is 16.7 Å². The van der Waals surface area contributed by atoms with Gasteiger partial charge in [0.2, 0.25) is 0 Å². The van der Waals surface area contributed by atoms with E-state index in [0.717, 1.165) is 5.56 Å². The molecule has 2 N–H and O–H groups in total. The number of aromatic nitrogens is 1. The van der Waals surface area contributed by atoms with Crippen LogP contribution in [0, 0.1) is 18.3 Å². The predicted molar refractivity (Wildman–Crippen MR) is 108 cm³/mol. The fourth-order valence-corrected chi connectivity index (χ4v) is 2.65. The number of carbonyl (C=O) groups excluding carboxylic acids is 2. The lowest BCUT2D eigenvalue weighted by Crippen LogP contribution is -2.37. The maximum atomic E-state index is 12.1. The van der Waals surface area contributed by atoms with Crippen molar-refractivity contribution in [3.05, 3.63) is 78.1 Å². The Labute approximate surface area is 168 Å².